The first-order valence-corrected chi connectivity index (χ1v) is 6.59. The summed E-state index contributed by atoms with van der Waals surface area (Å²) in [5.41, 5.74) is 3.26. The normalized spacial score (nSPS) is 10.3. The molecule has 0 heterocycles. The van der Waals surface area contributed by atoms with Gasteiger partial charge in [-0.1, -0.05) is 13.3 Å². The average molecular weight is 233 g/mol. The van der Waals surface area contributed by atoms with Crippen LogP contribution >= 0.6 is 0 Å². The fourth-order valence-corrected chi connectivity index (χ4v) is 2.08. The van der Waals surface area contributed by atoms with Gasteiger partial charge in [0.2, 0.25) is 0 Å². The highest BCUT2D eigenvalue weighted by molar-refractivity contribution is 5.78. The molecule has 0 radical (unpaired) electrons. The molecule has 0 N–H and O–H groups in total. The van der Waals surface area contributed by atoms with Gasteiger partial charge in [0.25, 0.3) is 0 Å². The minimum atomic E-state index is 0.842. The summed E-state index contributed by atoms with van der Waals surface area (Å²) in [7, 11) is 0. The molecule has 0 spiro atoms. The van der Waals surface area contributed by atoms with E-state index in [2.05, 4.69) is 31.7 Å². The lowest BCUT2D eigenvalue weighted by molar-refractivity contribution is 0.112. The maximum absolute atomic E-state index is 11.0. The molecule has 17 heavy (non-hydrogen) atoms. The molecule has 0 unspecified atom stereocenters. The summed E-state index contributed by atoms with van der Waals surface area (Å²) in [5, 5.41) is 0. The van der Waals surface area contributed by atoms with Gasteiger partial charge in [-0.2, -0.15) is 0 Å². The summed E-state index contributed by atoms with van der Waals surface area (Å²) in [6.45, 7) is 8.49. The monoisotopic (exact) mass is 233 g/mol. The van der Waals surface area contributed by atoms with Crippen LogP contribution in [-0.2, 0) is 6.42 Å². The Morgan fingerprint density at radius 2 is 1.88 bits per heavy atom. The first kappa shape index (κ1) is 13.8. The molecular formula is C15H23NO. The number of benzene rings is 1. The molecule has 0 amide bonds. The second-order valence-corrected chi connectivity index (χ2v) is 4.28. The minimum Gasteiger partial charge on any atom is -0.372 e. The van der Waals surface area contributed by atoms with E-state index in [0.29, 0.717) is 0 Å². The fraction of sp³-hybridized carbons (Fsp3) is 0.533. The van der Waals surface area contributed by atoms with Crippen molar-refractivity contribution in [2.45, 2.75) is 40.0 Å². The number of aldehydes is 1. The highest BCUT2D eigenvalue weighted by Crippen LogP contribution is 2.20. The van der Waals surface area contributed by atoms with Crippen molar-refractivity contribution in [3.05, 3.63) is 29.3 Å². The molecule has 0 saturated carbocycles. The molecule has 1 rings (SSSR count). The first-order chi connectivity index (χ1) is 8.26. The van der Waals surface area contributed by atoms with E-state index in [9.17, 15) is 4.79 Å². The second kappa shape index (κ2) is 7.10. The van der Waals surface area contributed by atoms with E-state index in [1.54, 1.807) is 0 Å². The van der Waals surface area contributed by atoms with Gasteiger partial charge in [-0.15, -0.1) is 0 Å². The van der Waals surface area contributed by atoms with Gasteiger partial charge in [-0.05, 0) is 50.5 Å². The lowest BCUT2D eigenvalue weighted by atomic mass is 10.0. The predicted octanol–water partition coefficient (Wildman–Crippen LogP) is 3.69. The van der Waals surface area contributed by atoms with Crippen LogP contribution in [-0.4, -0.2) is 19.4 Å². The van der Waals surface area contributed by atoms with Gasteiger partial charge in [-0.3, -0.25) is 4.79 Å². The van der Waals surface area contributed by atoms with Crippen LogP contribution < -0.4 is 4.90 Å². The van der Waals surface area contributed by atoms with Crippen molar-refractivity contribution in [1.29, 1.82) is 0 Å². The van der Waals surface area contributed by atoms with Gasteiger partial charge in [-0.25, -0.2) is 0 Å². The Labute approximate surface area is 105 Å². The van der Waals surface area contributed by atoms with E-state index < -0.39 is 0 Å². The van der Waals surface area contributed by atoms with Gasteiger partial charge >= 0.3 is 0 Å². The van der Waals surface area contributed by atoms with Crippen molar-refractivity contribution < 1.29 is 4.79 Å². The SMILES string of the molecule is CCCCc1cc(N(CC)CC)ccc1C=O. The van der Waals surface area contributed by atoms with E-state index in [-0.39, 0.29) is 0 Å². The molecule has 0 aromatic heterocycles. The van der Waals surface area contributed by atoms with Gasteiger partial charge in [0.1, 0.15) is 6.29 Å². The first-order valence-electron chi connectivity index (χ1n) is 6.59. The molecule has 1 aromatic rings. The molecule has 2 nitrogen and oxygen atoms in total. The van der Waals surface area contributed by atoms with Crippen LogP contribution in [0.25, 0.3) is 0 Å². The molecule has 2 heteroatoms. The van der Waals surface area contributed by atoms with Crippen LogP contribution in [0.3, 0.4) is 0 Å². The molecule has 0 bridgehead atoms. The number of carbonyl (C=O) groups is 1. The largest absolute Gasteiger partial charge is 0.372 e. The Balaban J connectivity index is 2.98. The number of unbranched alkanes of at least 4 members (excludes halogenated alkanes) is 1. The topological polar surface area (TPSA) is 20.3 Å². The highest BCUT2D eigenvalue weighted by Gasteiger charge is 2.06. The van der Waals surface area contributed by atoms with Crippen LogP contribution in [0.15, 0.2) is 18.2 Å². The highest BCUT2D eigenvalue weighted by atomic mass is 16.1. The minimum absolute atomic E-state index is 0.842. The summed E-state index contributed by atoms with van der Waals surface area (Å²) < 4.78 is 0. The van der Waals surface area contributed by atoms with E-state index in [1.807, 2.05) is 12.1 Å². The zero-order valence-corrected chi connectivity index (χ0v) is 11.2. The number of rotatable bonds is 7. The van der Waals surface area contributed by atoms with Crippen LogP contribution in [0.5, 0.6) is 0 Å². The summed E-state index contributed by atoms with van der Waals surface area (Å²) in [6, 6.07) is 6.17. The molecule has 94 valence electrons. The van der Waals surface area contributed by atoms with Crippen LogP contribution in [0, 0.1) is 0 Å². The maximum Gasteiger partial charge on any atom is 0.150 e. The third-order valence-corrected chi connectivity index (χ3v) is 3.18. The Hall–Kier alpha value is -1.31. The zero-order chi connectivity index (χ0) is 12.7. The zero-order valence-electron chi connectivity index (χ0n) is 11.2. The van der Waals surface area contributed by atoms with Crippen LogP contribution in [0.1, 0.15) is 49.5 Å². The number of carbonyl (C=O) groups excluding carboxylic acids is 1. The van der Waals surface area contributed by atoms with Gasteiger partial charge in [0.05, 0.1) is 0 Å². The molecule has 0 atom stereocenters. The lowest BCUT2D eigenvalue weighted by Crippen LogP contribution is -2.22. The van der Waals surface area contributed by atoms with E-state index in [1.165, 1.54) is 11.3 Å². The summed E-state index contributed by atoms with van der Waals surface area (Å²) >= 11 is 0. The summed E-state index contributed by atoms with van der Waals surface area (Å²) in [6.07, 6.45) is 4.27. The van der Waals surface area contributed by atoms with E-state index >= 15 is 0 Å². The average Bonchev–Trinajstić information content (AvgIpc) is 2.38. The maximum atomic E-state index is 11.0. The Kier molecular flexibility index (Phi) is 5.75. The smallest absolute Gasteiger partial charge is 0.150 e. The number of hydrogen-bond acceptors (Lipinski definition) is 2. The van der Waals surface area contributed by atoms with Crippen molar-refractivity contribution in [1.82, 2.24) is 0 Å². The van der Waals surface area contributed by atoms with Crippen molar-refractivity contribution in [2.24, 2.45) is 0 Å². The number of hydrogen-bond donors (Lipinski definition) is 0. The predicted molar refractivity (Wildman–Crippen MR) is 74.0 cm³/mol. The molecule has 0 saturated heterocycles. The van der Waals surface area contributed by atoms with Gasteiger partial charge in [0, 0.05) is 24.3 Å². The van der Waals surface area contributed by atoms with Gasteiger partial charge in [0.15, 0.2) is 0 Å². The standard InChI is InChI=1S/C15H23NO/c1-4-7-8-13-11-15(16(5-2)6-3)10-9-14(13)12-17/h9-12H,4-8H2,1-3H3. The second-order valence-electron chi connectivity index (χ2n) is 4.28. The third-order valence-electron chi connectivity index (χ3n) is 3.18. The number of nitrogens with zero attached hydrogens (tertiary/aromatic N) is 1. The molecular weight excluding hydrogens is 210 g/mol. The summed E-state index contributed by atoms with van der Waals surface area (Å²) in [4.78, 5) is 13.3. The van der Waals surface area contributed by atoms with Gasteiger partial charge < -0.3 is 4.90 Å². The van der Waals surface area contributed by atoms with E-state index in [4.69, 9.17) is 0 Å². The van der Waals surface area contributed by atoms with Crippen LogP contribution in [0.4, 0.5) is 5.69 Å². The van der Waals surface area contributed by atoms with E-state index in [0.717, 1.165) is 44.2 Å². The molecule has 0 aliphatic rings. The van der Waals surface area contributed by atoms with Crippen molar-refractivity contribution in [3.63, 3.8) is 0 Å². The fourth-order valence-electron chi connectivity index (χ4n) is 2.08. The lowest BCUT2D eigenvalue weighted by Gasteiger charge is -2.22. The summed E-state index contributed by atoms with van der Waals surface area (Å²) in [5.74, 6) is 0. The van der Waals surface area contributed by atoms with Crippen molar-refractivity contribution in [3.8, 4) is 0 Å². The number of anilines is 1. The van der Waals surface area contributed by atoms with Crippen molar-refractivity contribution in [2.75, 3.05) is 18.0 Å². The molecule has 0 aliphatic heterocycles. The Bertz CT molecular complexity index is 356. The quantitative estimate of drug-likeness (QED) is 0.669. The van der Waals surface area contributed by atoms with Crippen molar-refractivity contribution >= 4 is 12.0 Å². The van der Waals surface area contributed by atoms with Crippen LogP contribution in [0.2, 0.25) is 0 Å². The number of aryl methyl sites for hydroxylation is 1. The molecule has 1 aromatic carbocycles. The third kappa shape index (κ3) is 3.58. The molecule has 0 fully saturated rings. The Morgan fingerprint density at radius 3 is 2.41 bits per heavy atom. The Morgan fingerprint density at radius 1 is 1.18 bits per heavy atom. The molecule has 0 aliphatic carbocycles.